The Morgan fingerprint density at radius 1 is 0.962 bits per heavy atom. The van der Waals surface area contributed by atoms with Crippen LogP contribution in [0.5, 0.6) is 17.2 Å². The molecule has 0 saturated heterocycles. The van der Waals surface area contributed by atoms with Crippen LogP contribution in [0.25, 0.3) is 0 Å². The fourth-order valence-electron chi connectivity index (χ4n) is 2.82. The summed E-state index contributed by atoms with van der Waals surface area (Å²) >= 11 is 0. The molecule has 0 saturated carbocycles. The van der Waals surface area contributed by atoms with Gasteiger partial charge in [0.2, 0.25) is 5.75 Å². The Balaban J connectivity index is 2.15. The van der Waals surface area contributed by atoms with E-state index in [2.05, 4.69) is 28.8 Å². The van der Waals surface area contributed by atoms with E-state index in [0.717, 1.165) is 16.7 Å². The van der Waals surface area contributed by atoms with E-state index in [9.17, 15) is 4.79 Å². The molecule has 140 valence electrons. The molecule has 0 radical (unpaired) electrons. The zero-order valence-electron chi connectivity index (χ0n) is 16.1. The van der Waals surface area contributed by atoms with Crippen LogP contribution < -0.4 is 24.8 Å². The Hall–Kier alpha value is -2.89. The van der Waals surface area contributed by atoms with Gasteiger partial charge >= 0.3 is 6.03 Å². The molecule has 0 bridgehead atoms. The minimum absolute atomic E-state index is 0.128. The van der Waals surface area contributed by atoms with Crippen LogP contribution in [-0.4, -0.2) is 27.4 Å². The minimum atomic E-state index is -0.312. The zero-order valence-corrected chi connectivity index (χ0v) is 16.1. The zero-order chi connectivity index (χ0) is 19.3. The molecule has 0 aromatic heterocycles. The van der Waals surface area contributed by atoms with Gasteiger partial charge < -0.3 is 24.8 Å². The van der Waals surface area contributed by atoms with Gasteiger partial charge in [0.15, 0.2) is 11.5 Å². The molecule has 0 heterocycles. The number of benzene rings is 2. The molecule has 0 spiro atoms. The van der Waals surface area contributed by atoms with Gasteiger partial charge in [0.05, 0.1) is 33.1 Å². The Morgan fingerprint density at radius 2 is 1.58 bits per heavy atom. The van der Waals surface area contributed by atoms with E-state index in [1.807, 2.05) is 20.8 Å². The van der Waals surface area contributed by atoms with Crippen LogP contribution in [0.1, 0.15) is 29.7 Å². The molecule has 2 aromatic carbocycles. The lowest BCUT2D eigenvalue weighted by molar-refractivity contribution is 0.249. The number of amides is 2. The van der Waals surface area contributed by atoms with Crippen LogP contribution in [0.15, 0.2) is 30.3 Å². The number of ether oxygens (including phenoxy) is 3. The van der Waals surface area contributed by atoms with Gasteiger partial charge in [0.25, 0.3) is 0 Å². The molecule has 2 aromatic rings. The van der Waals surface area contributed by atoms with Crippen molar-refractivity contribution in [3.05, 3.63) is 47.0 Å². The quantitative estimate of drug-likeness (QED) is 0.811. The number of urea groups is 1. The standard InChI is InChI=1S/C20H26N2O4/c1-12-7-8-13(2)16(9-12)14(3)21-20(23)22-15-10-17(24-4)19(26-6)18(11-15)25-5/h7-11,14H,1-6H3,(H2,21,22,23)/t14-/m1/s1. The Bertz CT molecular complexity index is 764. The normalized spacial score (nSPS) is 11.5. The molecular weight excluding hydrogens is 332 g/mol. The van der Waals surface area contributed by atoms with Crippen LogP contribution in [0.2, 0.25) is 0 Å². The maximum atomic E-state index is 12.4. The summed E-state index contributed by atoms with van der Waals surface area (Å²) in [6.07, 6.45) is 0. The first-order valence-corrected chi connectivity index (χ1v) is 8.34. The highest BCUT2D eigenvalue weighted by atomic mass is 16.5. The highest BCUT2D eigenvalue weighted by Crippen LogP contribution is 2.39. The highest BCUT2D eigenvalue weighted by Gasteiger charge is 2.16. The highest BCUT2D eigenvalue weighted by molar-refractivity contribution is 5.90. The van der Waals surface area contributed by atoms with E-state index >= 15 is 0 Å². The predicted octanol–water partition coefficient (Wildman–Crippen LogP) is 4.21. The topological polar surface area (TPSA) is 68.8 Å². The lowest BCUT2D eigenvalue weighted by atomic mass is 10.0. The fraction of sp³-hybridized carbons (Fsp3) is 0.350. The molecule has 0 aliphatic rings. The molecule has 0 fully saturated rings. The van der Waals surface area contributed by atoms with Gasteiger partial charge in [-0.15, -0.1) is 0 Å². The molecule has 6 heteroatoms. The average molecular weight is 358 g/mol. The molecule has 1 atom stereocenters. The molecule has 2 N–H and O–H groups in total. The van der Waals surface area contributed by atoms with Crippen LogP contribution in [0.4, 0.5) is 10.5 Å². The van der Waals surface area contributed by atoms with Crippen molar-refractivity contribution in [2.45, 2.75) is 26.8 Å². The van der Waals surface area contributed by atoms with Crippen molar-refractivity contribution in [2.75, 3.05) is 26.6 Å². The first-order chi connectivity index (χ1) is 12.4. The Morgan fingerprint density at radius 3 is 2.12 bits per heavy atom. The molecule has 0 aliphatic carbocycles. The van der Waals surface area contributed by atoms with E-state index in [-0.39, 0.29) is 12.1 Å². The first-order valence-electron chi connectivity index (χ1n) is 8.34. The summed E-state index contributed by atoms with van der Waals surface area (Å²) in [7, 11) is 4.60. The van der Waals surface area contributed by atoms with Gasteiger partial charge in [-0.05, 0) is 31.9 Å². The van der Waals surface area contributed by atoms with E-state index in [4.69, 9.17) is 14.2 Å². The average Bonchev–Trinajstić information content (AvgIpc) is 2.62. The maximum Gasteiger partial charge on any atom is 0.319 e. The number of anilines is 1. The van der Waals surface area contributed by atoms with E-state index in [0.29, 0.717) is 22.9 Å². The van der Waals surface area contributed by atoms with Gasteiger partial charge in [0, 0.05) is 12.1 Å². The molecule has 6 nitrogen and oxygen atoms in total. The van der Waals surface area contributed by atoms with Gasteiger partial charge in [-0.3, -0.25) is 0 Å². The van der Waals surface area contributed by atoms with Crippen molar-refractivity contribution in [3.63, 3.8) is 0 Å². The van der Waals surface area contributed by atoms with E-state index in [1.165, 1.54) is 21.3 Å². The molecule has 0 aliphatic heterocycles. The van der Waals surface area contributed by atoms with Crippen LogP contribution >= 0.6 is 0 Å². The third kappa shape index (κ3) is 4.39. The number of aryl methyl sites for hydroxylation is 2. The lowest BCUT2D eigenvalue weighted by Gasteiger charge is -2.19. The second kappa shape index (κ2) is 8.47. The second-order valence-electron chi connectivity index (χ2n) is 6.09. The summed E-state index contributed by atoms with van der Waals surface area (Å²) in [6, 6.07) is 9.12. The van der Waals surface area contributed by atoms with Crippen LogP contribution in [0, 0.1) is 13.8 Å². The Labute approximate surface area is 154 Å². The largest absolute Gasteiger partial charge is 0.493 e. The monoisotopic (exact) mass is 358 g/mol. The van der Waals surface area contributed by atoms with Gasteiger partial charge in [-0.1, -0.05) is 23.8 Å². The second-order valence-corrected chi connectivity index (χ2v) is 6.09. The van der Waals surface area contributed by atoms with Crippen LogP contribution in [-0.2, 0) is 0 Å². The predicted molar refractivity (Wildman–Crippen MR) is 103 cm³/mol. The number of hydrogen-bond acceptors (Lipinski definition) is 4. The van der Waals surface area contributed by atoms with Crippen molar-refractivity contribution < 1.29 is 19.0 Å². The summed E-state index contributed by atoms with van der Waals surface area (Å²) in [4.78, 5) is 12.4. The third-order valence-electron chi connectivity index (χ3n) is 4.17. The van der Waals surface area contributed by atoms with Crippen LogP contribution in [0.3, 0.4) is 0 Å². The summed E-state index contributed by atoms with van der Waals surface area (Å²) in [5, 5.41) is 5.77. The molecule has 2 amide bonds. The van der Waals surface area contributed by atoms with Crippen molar-refractivity contribution in [3.8, 4) is 17.2 Å². The summed E-state index contributed by atoms with van der Waals surface area (Å²) in [5.74, 6) is 1.43. The van der Waals surface area contributed by atoms with Gasteiger partial charge in [0.1, 0.15) is 0 Å². The summed E-state index contributed by atoms with van der Waals surface area (Å²) in [5.41, 5.74) is 3.93. The number of carbonyl (C=O) groups excluding carboxylic acids is 1. The van der Waals surface area contributed by atoms with Gasteiger partial charge in [-0.2, -0.15) is 0 Å². The number of methoxy groups -OCH3 is 3. The van der Waals surface area contributed by atoms with E-state index in [1.54, 1.807) is 12.1 Å². The molecule has 2 rings (SSSR count). The number of rotatable bonds is 6. The summed E-state index contributed by atoms with van der Waals surface area (Å²) < 4.78 is 15.9. The third-order valence-corrected chi connectivity index (χ3v) is 4.17. The SMILES string of the molecule is COc1cc(NC(=O)N[C@H](C)c2cc(C)ccc2C)cc(OC)c1OC. The fourth-order valence-corrected chi connectivity index (χ4v) is 2.82. The van der Waals surface area contributed by atoms with Crippen molar-refractivity contribution in [2.24, 2.45) is 0 Å². The molecule has 0 unspecified atom stereocenters. The number of hydrogen-bond donors (Lipinski definition) is 2. The van der Waals surface area contributed by atoms with E-state index < -0.39 is 0 Å². The number of carbonyl (C=O) groups is 1. The molecule has 26 heavy (non-hydrogen) atoms. The lowest BCUT2D eigenvalue weighted by Crippen LogP contribution is -2.31. The van der Waals surface area contributed by atoms with Crippen molar-refractivity contribution >= 4 is 11.7 Å². The van der Waals surface area contributed by atoms with Crippen molar-refractivity contribution in [1.82, 2.24) is 5.32 Å². The smallest absolute Gasteiger partial charge is 0.319 e. The number of nitrogens with one attached hydrogen (secondary N) is 2. The van der Waals surface area contributed by atoms with Crippen molar-refractivity contribution in [1.29, 1.82) is 0 Å². The Kier molecular flexibility index (Phi) is 6.33. The first kappa shape index (κ1) is 19.4. The minimum Gasteiger partial charge on any atom is -0.493 e. The maximum absolute atomic E-state index is 12.4. The summed E-state index contributed by atoms with van der Waals surface area (Å²) in [6.45, 7) is 6.02. The van der Waals surface area contributed by atoms with Gasteiger partial charge in [-0.25, -0.2) is 4.79 Å². The molecular formula is C20H26N2O4.